The standard InChI is InChI=1S/C19H17N3O4S2/c1-11-14(6-7-25-11)17-21-22-19(26-17)28-10-12-9-27-18(20-12)15-5-4-13(23-2)8-16(15)24-3/h4-9H,10H2,1-3H3. The van der Waals surface area contributed by atoms with Gasteiger partial charge in [-0.2, -0.15) is 0 Å². The first-order chi connectivity index (χ1) is 13.7. The van der Waals surface area contributed by atoms with Crippen molar-refractivity contribution >= 4 is 23.1 Å². The number of nitrogens with zero attached hydrogens (tertiary/aromatic N) is 3. The summed E-state index contributed by atoms with van der Waals surface area (Å²) in [6.07, 6.45) is 1.60. The topological polar surface area (TPSA) is 83.4 Å². The van der Waals surface area contributed by atoms with Crippen LogP contribution in [-0.2, 0) is 5.75 Å². The van der Waals surface area contributed by atoms with Crippen LogP contribution in [0.1, 0.15) is 11.5 Å². The van der Waals surface area contributed by atoms with E-state index in [9.17, 15) is 0 Å². The Hall–Kier alpha value is -2.78. The van der Waals surface area contributed by atoms with Crippen molar-refractivity contribution in [3.05, 3.63) is 47.4 Å². The fourth-order valence-electron chi connectivity index (χ4n) is 2.59. The van der Waals surface area contributed by atoms with E-state index >= 15 is 0 Å². The van der Waals surface area contributed by atoms with E-state index < -0.39 is 0 Å². The minimum Gasteiger partial charge on any atom is -0.497 e. The Bertz CT molecular complexity index is 1090. The average Bonchev–Trinajstić information content (AvgIpc) is 3.46. The Morgan fingerprint density at radius 1 is 1.11 bits per heavy atom. The van der Waals surface area contributed by atoms with Crippen molar-refractivity contribution in [2.75, 3.05) is 14.2 Å². The number of hydrogen-bond acceptors (Lipinski definition) is 9. The molecule has 0 aliphatic rings. The highest BCUT2D eigenvalue weighted by atomic mass is 32.2. The molecule has 0 aliphatic heterocycles. The van der Waals surface area contributed by atoms with Crippen molar-refractivity contribution in [2.24, 2.45) is 0 Å². The number of thioether (sulfide) groups is 1. The monoisotopic (exact) mass is 415 g/mol. The van der Waals surface area contributed by atoms with Gasteiger partial charge in [-0.3, -0.25) is 0 Å². The van der Waals surface area contributed by atoms with Crippen LogP contribution in [0, 0.1) is 6.92 Å². The van der Waals surface area contributed by atoms with Crippen LogP contribution < -0.4 is 9.47 Å². The minimum atomic E-state index is 0.454. The number of benzene rings is 1. The van der Waals surface area contributed by atoms with Crippen molar-refractivity contribution < 1.29 is 18.3 Å². The van der Waals surface area contributed by atoms with Gasteiger partial charge in [0.25, 0.3) is 11.1 Å². The zero-order valence-corrected chi connectivity index (χ0v) is 17.1. The smallest absolute Gasteiger partial charge is 0.277 e. The van der Waals surface area contributed by atoms with Gasteiger partial charge in [0.05, 0.1) is 37.3 Å². The largest absolute Gasteiger partial charge is 0.497 e. The maximum absolute atomic E-state index is 5.71. The number of aryl methyl sites for hydroxylation is 1. The quantitative estimate of drug-likeness (QED) is 0.387. The number of methoxy groups -OCH3 is 2. The number of furan rings is 1. The first-order valence-electron chi connectivity index (χ1n) is 8.35. The van der Waals surface area contributed by atoms with Crippen LogP contribution >= 0.6 is 23.1 Å². The van der Waals surface area contributed by atoms with Gasteiger partial charge in [-0.25, -0.2) is 4.98 Å². The van der Waals surface area contributed by atoms with Gasteiger partial charge in [0, 0.05) is 17.2 Å². The maximum Gasteiger partial charge on any atom is 0.277 e. The lowest BCUT2D eigenvalue weighted by molar-refractivity contribution is 0.395. The van der Waals surface area contributed by atoms with E-state index in [0.717, 1.165) is 39.1 Å². The third-order valence-electron chi connectivity index (χ3n) is 4.03. The Morgan fingerprint density at radius 2 is 2.00 bits per heavy atom. The Morgan fingerprint density at radius 3 is 2.75 bits per heavy atom. The average molecular weight is 415 g/mol. The van der Waals surface area contributed by atoms with Crippen LogP contribution in [0.25, 0.3) is 22.0 Å². The molecule has 0 radical (unpaired) electrons. The summed E-state index contributed by atoms with van der Waals surface area (Å²) in [6, 6.07) is 7.51. The highest BCUT2D eigenvalue weighted by Gasteiger charge is 2.15. The molecule has 3 heterocycles. The summed E-state index contributed by atoms with van der Waals surface area (Å²) in [5, 5.41) is 11.6. The van der Waals surface area contributed by atoms with Gasteiger partial charge in [0.15, 0.2) is 0 Å². The minimum absolute atomic E-state index is 0.454. The van der Waals surface area contributed by atoms with Crippen molar-refractivity contribution in [3.63, 3.8) is 0 Å². The van der Waals surface area contributed by atoms with E-state index in [0.29, 0.717) is 16.9 Å². The number of rotatable bonds is 7. The lowest BCUT2D eigenvalue weighted by atomic mass is 10.2. The van der Waals surface area contributed by atoms with Gasteiger partial charge < -0.3 is 18.3 Å². The molecule has 28 heavy (non-hydrogen) atoms. The Balaban J connectivity index is 1.46. The molecule has 0 aliphatic carbocycles. The number of ether oxygens (including phenoxy) is 2. The van der Waals surface area contributed by atoms with Crippen LogP contribution in [0.4, 0.5) is 0 Å². The van der Waals surface area contributed by atoms with Crippen molar-refractivity contribution in [3.8, 4) is 33.5 Å². The molecule has 0 N–H and O–H groups in total. The van der Waals surface area contributed by atoms with Crippen molar-refractivity contribution in [1.82, 2.24) is 15.2 Å². The van der Waals surface area contributed by atoms with Crippen LogP contribution in [-0.4, -0.2) is 29.4 Å². The summed E-state index contributed by atoms with van der Waals surface area (Å²) in [7, 11) is 3.27. The van der Waals surface area contributed by atoms with Gasteiger partial charge in [-0.1, -0.05) is 11.8 Å². The van der Waals surface area contributed by atoms with Crippen LogP contribution in [0.2, 0.25) is 0 Å². The van der Waals surface area contributed by atoms with Crippen LogP contribution in [0.5, 0.6) is 11.5 Å². The first kappa shape index (κ1) is 18.6. The SMILES string of the molecule is COc1ccc(-c2nc(CSc3nnc(-c4ccoc4C)o3)cs2)c(OC)c1. The van der Waals surface area contributed by atoms with Gasteiger partial charge in [-0.15, -0.1) is 21.5 Å². The van der Waals surface area contributed by atoms with E-state index in [4.69, 9.17) is 23.3 Å². The van der Waals surface area contributed by atoms with Crippen molar-refractivity contribution in [2.45, 2.75) is 17.9 Å². The molecule has 0 bridgehead atoms. The summed E-state index contributed by atoms with van der Waals surface area (Å²) in [5.74, 6) is 3.30. The summed E-state index contributed by atoms with van der Waals surface area (Å²) < 4.78 is 21.7. The summed E-state index contributed by atoms with van der Waals surface area (Å²) in [5.41, 5.74) is 2.67. The second kappa shape index (κ2) is 8.07. The zero-order valence-electron chi connectivity index (χ0n) is 15.5. The maximum atomic E-state index is 5.71. The van der Waals surface area contributed by atoms with E-state index in [1.165, 1.54) is 11.8 Å². The molecule has 0 saturated heterocycles. The molecule has 1 aromatic carbocycles. The third-order valence-corrected chi connectivity index (χ3v) is 5.81. The zero-order chi connectivity index (χ0) is 19.5. The third kappa shape index (κ3) is 3.76. The predicted molar refractivity (Wildman–Crippen MR) is 107 cm³/mol. The molecule has 3 aromatic heterocycles. The molecule has 7 nitrogen and oxygen atoms in total. The predicted octanol–water partition coefficient (Wildman–Crippen LogP) is 5.07. The molecule has 0 unspecified atom stereocenters. The fourth-order valence-corrected chi connectivity index (χ4v) is 4.20. The molecule has 0 spiro atoms. The molecule has 0 amide bonds. The molecule has 9 heteroatoms. The van der Waals surface area contributed by atoms with Crippen molar-refractivity contribution in [1.29, 1.82) is 0 Å². The van der Waals surface area contributed by atoms with E-state index in [-0.39, 0.29) is 0 Å². The van der Waals surface area contributed by atoms with Crippen LogP contribution in [0.3, 0.4) is 0 Å². The summed E-state index contributed by atoms with van der Waals surface area (Å²) in [6.45, 7) is 1.86. The lowest BCUT2D eigenvalue weighted by Gasteiger charge is -2.08. The van der Waals surface area contributed by atoms with Gasteiger partial charge in [0.1, 0.15) is 22.3 Å². The number of aromatic nitrogens is 3. The van der Waals surface area contributed by atoms with Gasteiger partial charge in [0.2, 0.25) is 0 Å². The molecule has 0 fully saturated rings. The van der Waals surface area contributed by atoms with E-state index in [2.05, 4.69) is 10.2 Å². The second-order valence-electron chi connectivity index (χ2n) is 5.76. The molecule has 0 atom stereocenters. The number of hydrogen-bond donors (Lipinski definition) is 0. The fraction of sp³-hybridized carbons (Fsp3) is 0.211. The number of thiazole rings is 1. The summed E-state index contributed by atoms with van der Waals surface area (Å²) >= 11 is 3.01. The molecule has 0 saturated carbocycles. The molecule has 144 valence electrons. The van der Waals surface area contributed by atoms with Crippen LogP contribution in [0.15, 0.2) is 50.0 Å². The molecular formula is C19H17N3O4S2. The second-order valence-corrected chi connectivity index (χ2v) is 7.55. The highest BCUT2D eigenvalue weighted by molar-refractivity contribution is 7.98. The Labute approximate surface area is 169 Å². The van der Waals surface area contributed by atoms with Gasteiger partial charge in [-0.05, 0) is 25.1 Å². The molecular weight excluding hydrogens is 398 g/mol. The van der Waals surface area contributed by atoms with E-state index in [1.54, 1.807) is 31.8 Å². The Kier molecular flexibility index (Phi) is 5.36. The van der Waals surface area contributed by atoms with Gasteiger partial charge >= 0.3 is 0 Å². The van der Waals surface area contributed by atoms with E-state index in [1.807, 2.05) is 36.6 Å². The lowest BCUT2D eigenvalue weighted by Crippen LogP contribution is -1.90. The summed E-state index contributed by atoms with van der Waals surface area (Å²) in [4.78, 5) is 4.70. The molecule has 4 rings (SSSR count). The first-order valence-corrected chi connectivity index (χ1v) is 10.2. The normalized spacial score (nSPS) is 11.0. The highest BCUT2D eigenvalue weighted by Crippen LogP contribution is 2.36. The molecule has 4 aromatic rings.